The number of aryl methyl sites for hydroxylation is 1. The highest BCUT2D eigenvalue weighted by Gasteiger charge is 2.09. The number of benzene rings is 1. The van der Waals surface area contributed by atoms with Gasteiger partial charge in [-0.15, -0.1) is 0 Å². The average molecular weight is 379 g/mol. The standard InChI is InChI=1S/C16H30O4.C7H8/c1-3-5-7-9-11-13-15(17)19-20-16(18)14-12-10-8-6-4-2;1-7-5-3-2-4-6-7/h3-14H2,1-2H3;2-6H,1H3. The summed E-state index contributed by atoms with van der Waals surface area (Å²) in [5.74, 6) is -0.887. The molecule has 4 nitrogen and oxygen atoms in total. The molecule has 1 aromatic carbocycles. The van der Waals surface area contributed by atoms with Crippen molar-refractivity contribution in [3.8, 4) is 0 Å². The molecule has 0 aliphatic heterocycles. The van der Waals surface area contributed by atoms with Gasteiger partial charge in [-0.05, 0) is 19.8 Å². The van der Waals surface area contributed by atoms with E-state index in [0.717, 1.165) is 38.5 Å². The molecule has 0 atom stereocenters. The van der Waals surface area contributed by atoms with E-state index in [0.29, 0.717) is 12.8 Å². The van der Waals surface area contributed by atoms with Crippen molar-refractivity contribution in [3.05, 3.63) is 35.9 Å². The number of carbonyl (C=O) groups is 2. The Bertz CT molecular complexity index is 445. The van der Waals surface area contributed by atoms with Crippen LogP contribution in [0.5, 0.6) is 0 Å². The second kappa shape index (κ2) is 18.9. The van der Waals surface area contributed by atoms with E-state index in [1.807, 2.05) is 18.2 Å². The summed E-state index contributed by atoms with van der Waals surface area (Å²) in [6.45, 7) is 6.38. The summed E-state index contributed by atoms with van der Waals surface area (Å²) in [6.07, 6.45) is 11.3. The van der Waals surface area contributed by atoms with Crippen LogP contribution in [-0.2, 0) is 19.4 Å². The molecule has 154 valence electrons. The van der Waals surface area contributed by atoms with Crippen LogP contribution >= 0.6 is 0 Å². The fourth-order valence-corrected chi connectivity index (χ4v) is 2.46. The van der Waals surface area contributed by atoms with Crippen molar-refractivity contribution < 1.29 is 19.4 Å². The van der Waals surface area contributed by atoms with E-state index in [1.165, 1.54) is 31.2 Å². The molecule has 0 unspecified atom stereocenters. The molecule has 0 aliphatic carbocycles. The first-order valence-electron chi connectivity index (χ1n) is 10.5. The van der Waals surface area contributed by atoms with Gasteiger partial charge in [-0.2, -0.15) is 0 Å². The van der Waals surface area contributed by atoms with Crippen molar-refractivity contribution in [1.82, 2.24) is 0 Å². The van der Waals surface area contributed by atoms with Crippen LogP contribution < -0.4 is 0 Å². The Labute approximate surface area is 165 Å². The molecule has 1 rings (SSSR count). The van der Waals surface area contributed by atoms with Crippen LogP contribution in [-0.4, -0.2) is 11.9 Å². The Morgan fingerprint density at radius 2 is 1.07 bits per heavy atom. The van der Waals surface area contributed by atoms with Crippen molar-refractivity contribution in [2.75, 3.05) is 0 Å². The highest BCUT2D eigenvalue weighted by molar-refractivity contribution is 5.72. The van der Waals surface area contributed by atoms with Gasteiger partial charge in [0.15, 0.2) is 0 Å². The van der Waals surface area contributed by atoms with Crippen molar-refractivity contribution in [3.63, 3.8) is 0 Å². The van der Waals surface area contributed by atoms with E-state index in [9.17, 15) is 9.59 Å². The Kier molecular flexibility index (Phi) is 17.6. The molecule has 0 saturated heterocycles. The Morgan fingerprint density at radius 3 is 1.41 bits per heavy atom. The van der Waals surface area contributed by atoms with Crippen molar-refractivity contribution >= 4 is 11.9 Å². The number of unbranched alkanes of at least 4 members (excludes halogenated alkanes) is 8. The summed E-state index contributed by atoms with van der Waals surface area (Å²) in [7, 11) is 0. The summed E-state index contributed by atoms with van der Waals surface area (Å²) in [6, 6.07) is 10.3. The van der Waals surface area contributed by atoms with Crippen LogP contribution in [0.4, 0.5) is 0 Å². The molecular weight excluding hydrogens is 340 g/mol. The minimum atomic E-state index is -0.444. The first-order valence-corrected chi connectivity index (χ1v) is 10.5. The summed E-state index contributed by atoms with van der Waals surface area (Å²) in [4.78, 5) is 31.6. The molecule has 4 heteroatoms. The lowest BCUT2D eigenvalue weighted by molar-refractivity contribution is -0.259. The molecule has 0 aliphatic rings. The molecule has 0 radical (unpaired) electrons. The molecule has 0 fully saturated rings. The van der Waals surface area contributed by atoms with Crippen molar-refractivity contribution in [2.45, 2.75) is 97.8 Å². The molecule has 0 N–H and O–H groups in total. The van der Waals surface area contributed by atoms with E-state index < -0.39 is 11.9 Å². The molecule has 0 bridgehead atoms. The fourth-order valence-electron chi connectivity index (χ4n) is 2.46. The van der Waals surface area contributed by atoms with Gasteiger partial charge >= 0.3 is 11.9 Å². The van der Waals surface area contributed by atoms with E-state index in [1.54, 1.807) is 0 Å². The molecule has 27 heavy (non-hydrogen) atoms. The van der Waals surface area contributed by atoms with Gasteiger partial charge in [-0.1, -0.05) is 101 Å². The first-order chi connectivity index (χ1) is 13.1. The third-order valence-electron chi connectivity index (χ3n) is 4.14. The zero-order chi connectivity index (χ0) is 20.2. The van der Waals surface area contributed by atoms with E-state index >= 15 is 0 Å². The van der Waals surface area contributed by atoms with Gasteiger partial charge < -0.3 is 0 Å². The summed E-state index contributed by atoms with van der Waals surface area (Å²) in [5.41, 5.74) is 1.32. The minimum absolute atomic E-state index is 0.327. The number of hydrogen-bond donors (Lipinski definition) is 0. The molecule has 0 amide bonds. The fraction of sp³-hybridized carbons (Fsp3) is 0.652. The van der Waals surface area contributed by atoms with E-state index in [4.69, 9.17) is 0 Å². The Balaban J connectivity index is 0.000000797. The lowest BCUT2D eigenvalue weighted by atomic mass is 10.1. The van der Waals surface area contributed by atoms with Crippen LogP contribution in [0, 0.1) is 6.92 Å². The predicted octanol–water partition coefficient (Wildman–Crippen LogP) is 6.70. The van der Waals surface area contributed by atoms with Gasteiger partial charge in [0, 0.05) is 0 Å². The van der Waals surface area contributed by atoms with Crippen LogP contribution in [0.25, 0.3) is 0 Å². The molecule has 0 spiro atoms. The second-order valence-electron chi connectivity index (χ2n) is 6.89. The highest BCUT2D eigenvalue weighted by Crippen LogP contribution is 2.08. The van der Waals surface area contributed by atoms with Gasteiger partial charge in [0.2, 0.25) is 0 Å². The van der Waals surface area contributed by atoms with Crippen LogP contribution in [0.3, 0.4) is 0 Å². The first kappa shape index (κ1) is 25.2. The maximum Gasteiger partial charge on any atom is 0.355 e. The van der Waals surface area contributed by atoms with Crippen molar-refractivity contribution in [2.24, 2.45) is 0 Å². The van der Waals surface area contributed by atoms with Gasteiger partial charge in [-0.3, -0.25) is 0 Å². The quantitative estimate of drug-likeness (QED) is 0.230. The van der Waals surface area contributed by atoms with E-state index in [2.05, 4.69) is 42.7 Å². The lowest BCUT2D eigenvalue weighted by Crippen LogP contribution is -2.11. The average Bonchev–Trinajstić information content (AvgIpc) is 2.67. The molecule has 0 saturated carbocycles. The third-order valence-corrected chi connectivity index (χ3v) is 4.14. The number of carbonyl (C=O) groups excluding carboxylic acids is 2. The molecule has 0 heterocycles. The number of hydrogen-bond acceptors (Lipinski definition) is 4. The smallest absolute Gasteiger partial charge is 0.247 e. The summed E-state index contributed by atoms with van der Waals surface area (Å²) in [5, 5.41) is 0. The number of rotatable bonds is 12. The predicted molar refractivity (Wildman–Crippen MR) is 110 cm³/mol. The monoisotopic (exact) mass is 378 g/mol. The van der Waals surface area contributed by atoms with Crippen LogP contribution in [0.2, 0.25) is 0 Å². The largest absolute Gasteiger partial charge is 0.355 e. The Morgan fingerprint density at radius 1 is 0.667 bits per heavy atom. The van der Waals surface area contributed by atoms with Gasteiger partial charge in [-0.25, -0.2) is 19.4 Å². The van der Waals surface area contributed by atoms with Gasteiger partial charge in [0.25, 0.3) is 0 Å². The SMILES string of the molecule is CCCCCCCC(=O)OOC(=O)CCCCCCC.Cc1ccccc1. The molecule has 1 aromatic rings. The lowest BCUT2D eigenvalue weighted by Gasteiger charge is -2.03. The summed E-state index contributed by atoms with van der Waals surface area (Å²) < 4.78 is 0. The normalized spacial score (nSPS) is 9.89. The van der Waals surface area contributed by atoms with E-state index in [-0.39, 0.29) is 0 Å². The maximum absolute atomic E-state index is 11.3. The zero-order valence-electron chi connectivity index (χ0n) is 17.5. The molecular formula is C23H38O4. The van der Waals surface area contributed by atoms with Crippen molar-refractivity contribution in [1.29, 1.82) is 0 Å². The topological polar surface area (TPSA) is 52.6 Å². The highest BCUT2D eigenvalue weighted by atomic mass is 17.2. The van der Waals surface area contributed by atoms with Gasteiger partial charge in [0.05, 0.1) is 12.8 Å². The third kappa shape index (κ3) is 18.7. The Hall–Kier alpha value is -1.84. The van der Waals surface area contributed by atoms with Crippen LogP contribution in [0.1, 0.15) is 96.5 Å². The van der Waals surface area contributed by atoms with Crippen LogP contribution in [0.15, 0.2) is 30.3 Å². The maximum atomic E-state index is 11.3. The second-order valence-corrected chi connectivity index (χ2v) is 6.89. The molecule has 0 aromatic heterocycles. The summed E-state index contributed by atoms with van der Waals surface area (Å²) >= 11 is 0. The minimum Gasteiger partial charge on any atom is -0.247 e. The zero-order valence-corrected chi connectivity index (χ0v) is 17.5. The van der Waals surface area contributed by atoms with Gasteiger partial charge in [0.1, 0.15) is 0 Å².